The molecule has 0 aromatic heterocycles. The fourth-order valence-corrected chi connectivity index (χ4v) is 2.12. The molecule has 1 aromatic rings. The zero-order chi connectivity index (χ0) is 14.4. The third-order valence-electron chi connectivity index (χ3n) is 2.55. The van der Waals surface area contributed by atoms with Crippen molar-refractivity contribution in [1.82, 2.24) is 5.32 Å². The number of nitrogens with one attached hydrogen (secondary N) is 1. The summed E-state index contributed by atoms with van der Waals surface area (Å²) in [6, 6.07) is 2.70. The monoisotopic (exact) mass is 305 g/mol. The maximum Gasteiger partial charge on any atom is 0.142 e. The van der Waals surface area contributed by atoms with Crippen LogP contribution in [0.5, 0.6) is 0 Å². The van der Waals surface area contributed by atoms with E-state index in [1.54, 1.807) is 0 Å². The van der Waals surface area contributed by atoms with Crippen LogP contribution in [0.15, 0.2) is 24.3 Å². The smallest absolute Gasteiger partial charge is 0.142 e. The average Bonchev–Trinajstić information content (AvgIpc) is 2.32. The van der Waals surface area contributed by atoms with Gasteiger partial charge >= 0.3 is 0 Å². The lowest BCUT2D eigenvalue weighted by molar-refractivity contribution is 0.156. The second-order valence-corrected chi connectivity index (χ2v) is 5.29. The van der Waals surface area contributed by atoms with Crippen LogP contribution < -0.4 is 5.32 Å². The van der Waals surface area contributed by atoms with Gasteiger partial charge in [-0.05, 0) is 31.5 Å². The van der Waals surface area contributed by atoms with Crippen LogP contribution in [-0.2, 0) is 4.74 Å². The first-order valence-electron chi connectivity index (χ1n) is 6.01. The molecule has 0 heterocycles. The molecule has 5 heteroatoms. The van der Waals surface area contributed by atoms with E-state index in [4.69, 9.17) is 27.9 Å². The zero-order valence-corrected chi connectivity index (χ0v) is 12.6. The van der Waals surface area contributed by atoms with E-state index in [1.165, 1.54) is 12.1 Å². The molecule has 2 nitrogen and oxygen atoms in total. The number of hydrogen-bond donors (Lipinski definition) is 1. The van der Waals surface area contributed by atoms with Crippen LogP contribution in [0.1, 0.15) is 25.5 Å². The quantitative estimate of drug-likeness (QED) is 0.459. The van der Waals surface area contributed by atoms with Gasteiger partial charge in [-0.3, -0.25) is 0 Å². The second kappa shape index (κ2) is 7.85. The topological polar surface area (TPSA) is 21.3 Å². The van der Waals surface area contributed by atoms with Gasteiger partial charge in [0.2, 0.25) is 0 Å². The van der Waals surface area contributed by atoms with E-state index in [9.17, 15) is 4.39 Å². The van der Waals surface area contributed by atoms with E-state index in [0.717, 1.165) is 5.57 Å². The summed E-state index contributed by atoms with van der Waals surface area (Å²) >= 11 is 11.7. The van der Waals surface area contributed by atoms with E-state index in [1.807, 2.05) is 13.8 Å². The molecule has 0 fully saturated rings. The van der Waals surface area contributed by atoms with Gasteiger partial charge in [0.15, 0.2) is 0 Å². The van der Waals surface area contributed by atoms with Crippen LogP contribution in [0.4, 0.5) is 4.39 Å². The largest absolute Gasteiger partial charge is 0.376 e. The molecule has 1 atom stereocenters. The van der Waals surface area contributed by atoms with Gasteiger partial charge in [0.05, 0.1) is 18.2 Å². The molecule has 1 N–H and O–H groups in total. The second-order valence-electron chi connectivity index (χ2n) is 4.47. The van der Waals surface area contributed by atoms with Crippen molar-refractivity contribution in [3.8, 4) is 0 Å². The Morgan fingerprint density at radius 1 is 1.42 bits per heavy atom. The lowest BCUT2D eigenvalue weighted by atomic mass is 10.1. The summed E-state index contributed by atoms with van der Waals surface area (Å²) in [6.45, 7) is 9.32. The minimum absolute atomic E-state index is 0.0331. The normalized spacial score (nSPS) is 12.5. The molecule has 0 amide bonds. The van der Waals surface area contributed by atoms with Gasteiger partial charge in [-0.2, -0.15) is 0 Å². The molecule has 0 aliphatic carbocycles. The summed E-state index contributed by atoms with van der Waals surface area (Å²) in [7, 11) is 0. The molecular weight excluding hydrogens is 288 g/mol. The summed E-state index contributed by atoms with van der Waals surface area (Å²) in [4.78, 5) is 0. The van der Waals surface area contributed by atoms with Gasteiger partial charge in [0.1, 0.15) is 5.82 Å². The number of benzene rings is 1. The highest BCUT2D eigenvalue weighted by Gasteiger charge is 2.12. The lowest BCUT2D eigenvalue weighted by Crippen LogP contribution is -2.23. The van der Waals surface area contributed by atoms with Crippen LogP contribution >= 0.6 is 23.2 Å². The molecule has 0 aliphatic rings. The first-order valence-corrected chi connectivity index (χ1v) is 6.77. The van der Waals surface area contributed by atoms with Crippen LogP contribution in [0.2, 0.25) is 10.0 Å². The SMILES string of the molecule is C=C(C)COCCNC(C)c1cc(F)c(Cl)cc1Cl. The highest BCUT2D eigenvalue weighted by molar-refractivity contribution is 6.35. The number of hydrogen-bond acceptors (Lipinski definition) is 2. The van der Waals surface area contributed by atoms with Crippen molar-refractivity contribution >= 4 is 23.2 Å². The summed E-state index contributed by atoms with van der Waals surface area (Å²) in [6.07, 6.45) is 0. The summed E-state index contributed by atoms with van der Waals surface area (Å²) in [5.74, 6) is -0.465. The molecule has 1 unspecified atom stereocenters. The van der Waals surface area contributed by atoms with Crippen LogP contribution in [0.25, 0.3) is 0 Å². The number of rotatable bonds is 7. The van der Waals surface area contributed by atoms with Crippen molar-refractivity contribution < 1.29 is 9.13 Å². The Hall–Kier alpha value is -0.610. The van der Waals surface area contributed by atoms with Crippen LogP contribution in [-0.4, -0.2) is 19.8 Å². The Morgan fingerprint density at radius 2 is 2.11 bits per heavy atom. The molecule has 0 spiro atoms. The summed E-state index contributed by atoms with van der Waals surface area (Å²) in [5, 5.41) is 3.70. The molecule has 0 saturated heterocycles. The standard InChI is InChI=1S/C14H18Cl2FNO/c1-9(2)8-19-5-4-18-10(3)11-6-14(17)13(16)7-12(11)15/h6-7,10,18H,1,4-5,8H2,2-3H3. The molecule has 0 aliphatic heterocycles. The van der Waals surface area contributed by atoms with Crippen molar-refractivity contribution in [2.45, 2.75) is 19.9 Å². The molecule has 0 bridgehead atoms. The van der Waals surface area contributed by atoms with Crippen molar-refractivity contribution in [1.29, 1.82) is 0 Å². The molecule has 1 aromatic carbocycles. The van der Waals surface area contributed by atoms with Crippen molar-refractivity contribution in [2.75, 3.05) is 19.8 Å². The van der Waals surface area contributed by atoms with Gasteiger partial charge in [-0.15, -0.1) is 0 Å². The average molecular weight is 306 g/mol. The molecule has 0 saturated carbocycles. The van der Waals surface area contributed by atoms with Gasteiger partial charge < -0.3 is 10.1 Å². The maximum absolute atomic E-state index is 13.4. The fourth-order valence-electron chi connectivity index (χ4n) is 1.57. The Kier molecular flexibility index (Phi) is 6.80. The minimum Gasteiger partial charge on any atom is -0.376 e. The van der Waals surface area contributed by atoms with E-state index in [0.29, 0.717) is 30.3 Å². The van der Waals surface area contributed by atoms with E-state index >= 15 is 0 Å². The molecule has 1 rings (SSSR count). The Balaban J connectivity index is 2.47. The Labute approximate surface area is 123 Å². The highest BCUT2D eigenvalue weighted by Crippen LogP contribution is 2.28. The van der Waals surface area contributed by atoms with E-state index in [-0.39, 0.29) is 11.1 Å². The minimum atomic E-state index is -0.465. The fraction of sp³-hybridized carbons (Fsp3) is 0.429. The molecule has 106 valence electrons. The third kappa shape index (κ3) is 5.49. The summed E-state index contributed by atoms with van der Waals surface area (Å²) in [5.41, 5.74) is 1.67. The summed E-state index contributed by atoms with van der Waals surface area (Å²) < 4.78 is 18.8. The van der Waals surface area contributed by atoms with E-state index in [2.05, 4.69) is 11.9 Å². The molecular formula is C14H18Cl2FNO. The van der Waals surface area contributed by atoms with Crippen LogP contribution in [0, 0.1) is 5.82 Å². The van der Waals surface area contributed by atoms with Crippen LogP contribution in [0.3, 0.4) is 0 Å². The third-order valence-corrected chi connectivity index (χ3v) is 3.17. The highest BCUT2D eigenvalue weighted by atomic mass is 35.5. The van der Waals surface area contributed by atoms with Gasteiger partial charge in [-0.25, -0.2) is 4.39 Å². The number of ether oxygens (including phenoxy) is 1. The Morgan fingerprint density at radius 3 is 2.74 bits per heavy atom. The Bertz CT molecular complexity index is 451. The predicted octanol–water partition coefficient (Wildman–Crippen LogP) is 4.38. The predicted molar refractivity (Wildman–Crippen MR) is 78.5 cm³/mol. The first kappa shape index (κ1) is 16.4. The van der Waals surface area contributed by atoms with Gasteiger partial charge in [0.25, 0.3) is 0 Å². The van der Waals surface area contributed by atoms with Crippen molar-refractivity contribution in [2.24, 2.45) is 0 Å². The van der Waals surface area contributed by atoms with Crippen molar-refractivity contribution in [3.05, 3.63) is 45.7 Å². The van der Waals surface area contributed by atoms with Crippen molar-refractivity contribution in [3.63, 3.8) is 0 Å². The number of halogens is 3. The van der Waals surface area contributed by atoms with Gasteiger partial charge in [-0.1, -0.05) is 35.4 Å². The maximum atomic E-state index is 13.4. The first-order chi connectivity index (χ1) is 8.91. The molecule has 0 radical (unpaired) electrons. The van der Waals surface area contributed by atoms with Gasteiger partial charge in [0, 0.05) is 17.6 Å². The lowest BCUT2D eigenvalue weighted by Gasteiger charge is -2.16. The zero-order valence-electron chi connectivity index (χ0n) is 11.1. The molecule has 19 heavy (non-hydrogen) atoms. The van der Waals surface area contributed by atoms with E-state index < -0.39 is 5.82 Å².